The van der Waals surface area contributed by atoms with Crippen molar-refractivity contribution in [2.24, 2.45) is 0 Å². The molecule has 3 aromatic rings. The first-order valence-corrected chi connectivity index (χ1v) is 10.3. The minimum absolute atomic E-state index is 0.187. The van der Waals surface area contributed by atoms with Crippen molar-refractivity contribution in [2.75, 3.05) is 6.61 Å². The van der Waals surface area contributed by atoms with Gasteiger partial charge in [0.25, 0.3) is 0 Å². The molecule has 0 saturated heterocycles. The van der Waals surface area contributed by atoms with Crippen LogP contribution in [-0.2, 0) is 22.5 Å². The van der Waals surface area contributed by atoms with E-state index < -0.39 is 5.60 Å². The molecule has 0 aliphatic rings. The maximum absolute atomic E-state index is 11.8. The molecule has 158 valence electrons. The Kier molecular flexibility index (Phi) is 7.22. The standard InChI is InChI=1S/C24H29N3O3/c1-24(2,3)30-23(28)14-9-16-27-18-20(25-26-27)15-17-29-22-13-8-7-12-21(22)19-10-5-4-6-11-19/h4-8,10-13,18H,9,14-17H2,1-3H3. The Morgan fingerprint density at radius 2 is 1.77 bits per heavy atom. The fourth-order valence-corrected chi connectivity index (χ4v) is 3.05. The Bertz CT molecular complexity index is 946. The third-order valence-corrected chi connectivity index (χ3v) is 4.36. The molecule has 0 saturated carbocycles. The highest BCUT2D eigenvalue weighted by atomic mass is 16.6. The summed E-state index contributed by atoms with van der Waals surface area (Å²) in [7, 11) is 0. The SMILES string of the molecule is CC(C)(C)OC(=O)CCCn1cc(CCOc2ccccc2-c2ccccc2)nn1. The van der Waals surface area contributed by atoms with Gasteiger partial charge in [0.2, 0.25) is 0 Å². The Morgan fingerprint density at radius 1 is 1.03 bits per heavy atom. The van der Waals surface area contributed by atoms with E-state index in [1.165, 1.54) is 0 Å². The average Bonchev–Trinajstić information content (AvgIpc) is 3.15. The van der Waals surface area contributed by atoms with Gasteiger partial charge in [-0.15, -0.1) is 5.10 Å². The first-order chi connectivity index (χ1) is 14.4. The van der Waals surface area contributed by atoms with Crippen LogP contribution < -0.4 is 4.74 Å². The molecule has 0 aliphatic carbocycles. The lowest BCUT2D eigenvalue weighted by molar-refractivity contribution is -0.154. The molecular weight excluding hydrogens is 378 g/mol. The van der Waals surface area contributed by atoms with Crippen molar-refractivity contribution >= 4 is 5.97 Å². The predicted molar refractivity (Wildman–Crippen MR) is 116 cm³/mol. The lowest BCUT2D eigenvalue weighted by Crippen LogP contribution is -2.23. The normalized spacial score (nSPS) is 11.3. The number of hydrogen-bond donors (Lipinski definition) is 0. The van der Waals surface area contributed by atoms with E-state index in [2.05, 4.69) is 28.5 Å². The zero-order chi connectivity index (χ0) is 21.4. The molecule has 0 unspecified atom stereocenters. The summed E-state index contributed by atoms with van der Waals surface area (Å²) in [5.41, 5.74) is 2.62. The van der Waals surface area contributed by atoms with Crippen molar-refractivity contribution < 1.29 is 14.3 Å². The number of aromatic nitrogens is 3. The van der Waals surface area contributed by atoms with Gasteiger partial charge in [-0.2, -0.15) is 0 Å². The van der Waals surface area contributed by atoms with E-state index >= 15 is 0 Å². The molecule has 6 nitrogen and oxygen atoms in total. The van der Waals surface area contributed by atoms with Crippen LogP contribution >= 0.6 is 0 Å². The molecule has 1 heterocycles. The smallest absolute Gasteiger partial charge is 0.306 e. The van der Waals surface area contributed by atoms with E-state index in [1.807, 2.05) is 63.4 Å². The molecule has 0 aliphatic heterocycles. The zero-order valence-electron chi connectivity index (χ0n) is 17.9. The van der Waals surface area contributed by atoms with Gasteiger partial charge in [-0.1, -0.05) is 53.7 Å². The Hall–Kier alpha value is -3.15. The molecule has 30 heavy (non-hydrogen) atoms. The van der Waals surface area contributed by atoms with Gasteiger partial charge in [0.15, 0.2) is 0 Å². The van der Waals surface area contributed by atoms with Gasteiger partial charge in [-0.25, -0.2) is 0 Å². The van der Waals surface area contributed by atoms with Gasteiger partial charge in [-0.05, 0) is 38.8 Å². The summed E-state index contributed by atoms with van der Waals surface area (Å²) >= 11 is 0. The molecule has 3 rings (SSSR count). The summed E-state index contributed by atoms with van der Waals surface area (Å²) in [5, 5.41) is 8.34. The summed E-state index contributed by atoms with van der Waals surface area (Å²) < 4.78 is 13.1. The molecule has 0 spiro atoms. The summed E-state index contributed by atoms with van der Waals surface area (Å²) in [4.78, 5) is 11.8. The number of nitrogens with zero attached hydrogens (tertiary/aromatic N) is 3. The van der Waals surface area contributed by atoms with Crippen molar-refractivity contribution in [1.29, 1.82) is 0 Å². The number of esters is 1. The molecule has 0 atom stereocenters. The van der Waals surface area contributed by atoms with Crippen molar-refractivity contribution in [1.82, 2.24) is 15.0 Å². The number of rotatable bonds is 9. The van der Waals surface area contributed by atoms with Crippen LogP contribution in [0.15, 0.2) is 60.8 Å². The second kappa shape index (κ2) is 10.1. The van der Waals surface area contributed by atoms with Gasteiger partial charge in [0.05, 0.1) is 12.3 Å². The highest BCUT2D eigenvalue weighted by Gasteiger charge is 2.15. The fraction of sp³-hybridized carbons (Fsp3) is 0.375. The van der Waals surface area contributed by atoms with Crippen LogP contribution in [0.1, 0.15) is 39.3 Å². The topological polar surface area (TPSA) is 66.2 Å². The average molecular weight is 408 g/mol. The van der Waals surface area contributed by atoms with Gasteiger partial charge in [0, 0.05) is 31.1 Å². The maximum Gasteiger partial charge on any atom is 0.306 e. The molecule has 0 N–H and O–H groups in total. The highest BCUT2D eigenvalue weighted by Crippen LogP contribution is 2.29. The van der Waals surface area contributed by atoms with Crippen LogP contribution in [0.4, 0.5) is 0 Å². The van der Waals surface area contributed by atoms with Crippen LogP contribution in [0.25, 0.3) is 11.1 Å². The minimum atomic E-state index is -0.448. The fourth-order valence-electron chi connectivity index (χ4n) is 3.05. The minimum Gasteiger partial charge on any atom is -0.493 e. The molecule has 0 fully saturated rings. The van der Waals surface area contributed by atoms with E-state index in [-0.39, 0.29) is 5.97 Å². The number of aryl methyl sites for hydroxylation is 1. The monoisotopic (exact) mass is 407 g/mol. The van der Waals surface area contributed by atoms with Crippen molar-refractivity contribution in [2.45, 2.75) is 52.2 Å². The summed E-state index contributed by atoms with van der Waals surface area (Å²) in [6, 6.07) is 18.2. The number of carbonyl (C=O) groups is 1. The van der Waals surface area contributed by atoms with Crippen LogP contribution in [0.3, 0.4) is 0 Å². The largest absolute Gasteiger partial charge is 0.493 e. The van der Waals surface area contributed by atoms with Crippen LogP contribution in [0.5, 0.6) is 5.75 Å². The number of ether oxygens (including phenoxy) is 2. The summed E-state index contributed by atoms with van der Waals surface area (Å²) in [6.07, 6.45) is 3.60. The Morgan fingerprint density at radius 3 is 2.53 bits per heavy atom. The van der Waals surface area contributed by atoms with Crippen LogP contribution in [0, 0.1) is 0 Å². The second-order valence-electron chi connectivity index (χ2n) is 8.12. The molecule has 6 heteroatoms. The first-order valence-electron chi connectivity index (χ1n) is 10.3. The lowest BCUT2D eigenvalue weighted by Gasteiger charge is -2.19. The summed E-state index contributed by atoms with van der Waals surface area (Å²) in [5.74, 6) is 0.668. The van der Waals surface area contributed by atoms with E-state index in [0.717, 1.165) is 22.6 Å². The van der Waals surface area contributed by atoms with E-state index in [4.69, 9.17) is 9.47 Å². The predicted octanol–water partition coefficient (Wildman–Crippen LogP) is 4.69. The van der Waals surface area contributed by atoms with Crippen molar-refractivity contribution in [3.63, 3.8) is 0 Å². The van der Waals surface area contributed by atoms with Crippen molar-refractivity contribution in [3.8, 4) is 16.9 Å². The van der Waals surface area contributed by atoms with Crippen LogP contribution in [-0.4, -0.2) is 33.2 Å². The number of para-hydroxylation sites is 1. The van der Waals surface area contributed by atoms with Gasteiger partial charge < -0.3 is 9.47 Å². The number of hydrogen-bond acceptors (Lipinski definition) is 5. The van der Waals surface area contributed by atoms with Crippen molar-refractivity contribution in [3.05, 3.63) is 66.5 Å². The third kappa shape index (κ3) is 6.72. The van der Waals surface area contributed by atoms with Gasteiger partial charge >= 0.3 is 5.97 Å². The molecule has 1 aromatic heterocycles. The summed E-state index contributed by atoms with van der Waals surface area (Å²) in [6.45, 7) is 6.75. The molecule has 0 amide bonds. The second-order valence-corrected chi connectivity index (χ2v) is 8.12. The molecule has 0 radical (unpaired) electrons. The quantitative estimate of drug-likeness (QED) is 0.482. The number of carbonyl (C=O) groups excluding carboxylic acids is 1. The highest BCUT2D eigenvalue weighted by molar-refractivity contribution is 5.70. The first kappa shape index (κ1) is 21.6. The molecule has 2 aromatic carbocycles. The zero-order valence-corrected chi connectivity index (χ0v) is 17.9. The van der Waals surface area contributed by atoms with E-state index in [9.17, 15) is 4.79 Å². The van der Waals surface area contributed by atoms with Crippen LogP contribution in [0.2, 0.25) is 0 Å². The number of benzene rings is 2. The third-order valence-electron chi connectivity index (χ3n) is 4.36. The molecule has 0 bridgehead atoms. The molecular formula is C24H29N3O3. The Labute approximate surface area is 177 Å². The van der Waals surface area contributed by atoms with E-state index in [0.29, 0.717) is 32.4 Å². The Balaban J connectivity index is 1.46. The van der Waals surface area contributed by atoms with E-state index in [1.54, 1.807) is 4.68 Å². The van der Waals surface area contributed by atoms with Gasteiger partial charge in [-0.3, -0.25) is 9.48 Å². The maximum atomic E-state index is 11.8. The van der Waals surface area contributed by atoms with Gasteiger partial charge in [0.1, 0.15) is 11.4 Å². The lowest BCUT2D eigenvalue weighted by atomic mass is 10.1.